The molecular formula is C15H20BrClN2O. The second-order valence-electron chi connectivity index (χ2n) is 5.04. The third-order valence-corrected chi connectivity index (χ3v) is 4.86. The molecule has 1 unspecified atom stereocenters. The summed E-state index contributed by atoms with van der Waals surface area (Å²) in [4.78, 5) is 16.9. The molecule has 1 amide bonds. The third kappa shape index (κ3) is 3.35. The third-order valence-electron chi connectivity index (χ3n) is 3.94. The standard InChI is InChI=1S/C15H20BrClN2O/c1-3-18(4-2)12-7-8-19(10-12)15(20)13-9-11(17)5-6-14(13)16/h5-6,9,12H,3-4,7-8,10H2,1-2H3. The molecule has 1 aromatic rings. The number of amides is 1. The smallest absolute Gasteiger partial charge is 0.255 e. The van der Waals surface area contributed by atoms with Gasteiger partial charge in [-0.2, -0.15) is 0 Å². The van der Waals surface area contributed by atoms with E-state index < -0.39 is 0 Å². The van der Waals surface area contributed by atoms with Crippen LogP contribution >= 0.6 is 27.5 Å². The summed E-state index contributed by atoms with van der Waals surface area (Å²) < 4.78 is 0.804. The van der Waals surface area contributed by atoms with Gasteiger partial charge in [-0.1, -0.05) is 25.4 Å². The molecule has 0 N–H and O–H groups in total. The van der Waals surface area contributed by atoms with Crippen LogP contribution in [0.1, 0.15) is 30.6 Å². The van der Waals surface area contributed by atoms with Gasteiger partial charge < -0.3 is 4.90 Å². The van der Waals surface area contributed by atoms with Crippen LogP contribution in [-0.2, 0) is 0 Å². The number of hydrogen-bond donors (Lipinski definition) is 0. The second kappa shape index (κ2) is 6.92. The first kappa shape index (κ1) is 15.8. The largest absolute Gasteiger partial charge is 0.337 e. The predicted molar refractivity (Wildman–Crippen MR) is 86.4 cm³/mol. The fraction of sp³-hybridized carbons (Fsp3) is 0.533. The highest BCUT2D eigenvalue weighted by Crippen LogP contribution is 2.25. The van der Waals surface area contributed by atoms with Gasteiger partial charge in [-0.05, 0) is 53.6 Å². The van der Waals surface area contributed by atoms with Crippen LogP contribution in [0.15, 0.2) is 22.7 Å². The molecule has 1 heterocycles. The fourth-order valence-electron chi connectivity index (χ4n) is 2.80. The maximum absolute atomic E-state index is 12.6. The van der Waals surface area contributed by atoms with Crippen molar-refractivity contribution < 1.29 is 4.79 Å². The molecule has 1 aromatic carbocycles. The molecule has 110 valence electrons. The Hall–Kier alpha value is -0.580. The van der Waals surface area contributed by atoms with Crippen LogP contribution in [0.2, 0.25) is 5.02 Å². The molecule has 0 aromatic heterocycles. The molecule has 3 nitrogen and oxygen atoms in total. The lowest BCUT2D eigenvalue weighted by molar-refractivity contribution is 0.0777. The van der Waals surface area contributed by atoms with Crippen LogP contribution in [0.5, 0.6) is 0 Å². The zero-order valence-electron chi connectivity index (χ0n) is 11.9. The van der Waals surface area contributed by atoms with Crippen LogP contribution in [0.25, 0.3) is 0 Å². The summed E-state index contributed by atoms with van der Waals surface area (Å²) in [7, 11) is 0. The first-order chi connectivity index (χ1) is 9.56. The van der Waals surface area contributed by atoms with Gasteiger partial charge in [0.1, 0.15) is 0 Å². The van der Waals surface area contributed by atoms with Crippen LogP contribution in [0, 0.1) is 0 Å². The Morgan fingerprint density at radius 1 is 1.45 bits per heavy atom. The molecule has 1 atom stereocenters. The molecule has 1 saturated heterocycles. The quantitative estimate of drug-likeness (QED) is 0.819. The number of benzene rings is 1. The van der Waals surface area contributed by atoms with E-state index in [4.69, 9.17) is 11.6 Å². The van der Waals surface area contributed by atoms with E-state index in [1.165, 1.54) is 0 Å². The number of carbonyl (C=O) groups excluding carboxylic acids is 1. The SMILES string of the molecule is CCN(CC)C1CCN(C(=O)c2cc(Cl)ccc2Br)C1. The van der Waals surface area contributed by atoms with Gasteiger partial charge in [0, 0.05) is 28.6 Å². The van der Waals surface area contributed by atoms with Crippen LogP contribution in [-0.4, -0.2) is 47.9 Å². The van der Waals surface area contributed by atoms with E-state index in [2.05, 4.69) is 34.7 Å². The first-order valence-electron chi connectivity index (χ1n) is 7.05. The maximum atomic E-state index is 12.6. The number of hydrogen-bond acceptors (Lipinski definition) is 2. The molecule has 0 spiro atoms. The monoisotopic (exact) mass is 358 g/mol. The lowest BCUT2D eigenvalue weighted by atomic mass is 10.2. The average Bonchev–Trinajstić information content (AvgIpc) is 2.92. The summed E-state index contributed by atoms with van der Waals surface area (Å²) in [6.07, 6.45) is 1.05. The molecule has 2 rings (SSSR count). The zero-order valence-corrected chi connectivity index (χ0v) is 14.2. The Balaban J connectivity index is 2.10. The van der Waals surface area contributed by atoms with Crippen molar-refractivity contribution >= 4 is 33.4 Å². The minimum atomic E-state index is 0.0639. The molecule has 0 aliphatic carbocycles. The van der Waals surface area contributed by atoms with Crippen molar-refractivity contribution in [3.05, 3.63) is 33.3 Å². The van der Waals surface area contributed by atoms with Crippen molar-refractivity contribution in [1.29, 1.82) is 0 Å². The van der Waals surface area contributed by atoms with Crippen molar-refractivity contribution in [1.82, 2.24) is 9.80 Å². The van der Waals surface area contributed by atoms with Crippen molar-refractivity contribution in [3.63, 3.8) is 0 Å². The van der Waals surface area contributed by atoms with Gasteiger partial charge in [-0.25, -0.2) is 0 Å². The molecule has 1 aliphatic rings. The summed E-state index contributed by atoms with van der Waals surface area (Å²) in [5.41, 5.74) is 0.651. The summed E-state index contributed by atoms with van der Waals surface area (Å²) in [6, 6.07) is 5.82. The maximum Gasteiger partial charge on any atom is 0.255 e. The Kier molecular flexibility index (Phi) is 5.47. The van der Waals surface area contributed by atoms with Gasteiger partial charge in [0.05, 0.1) is 5.56 Å². The molecule has 1 aliphatic heterocycles. The van der Waals surface area contributed by atoms with Crippen LogP contribution in [0.3, 0.4) is 0 Å². The molecular weight excluding hydrogens is 340 g/mol. The second-order valence-corrected chi connectivity index (χ2v) is 6.33. The Morgan fingerprint density at radius 2 is 2.15 bits per heavy atom. The van der Waals surface area contributed by atoms with Gasteiger partial charge in [0.15, 0.2) is 0 Å². The normalized spacial score (nSPS) is 18.9. The van der Waals surface area contributed by atoms with Gasteiger partial charge in [-0.15, -0.1) is 0 Å². The molecule has 1 fully saturated rings. The van der Waals surface area contributed by atoms with Crippen LogP contribution < -0.4 is 0 Å². The topological polar surface area (TPSA) is 23.6 Å². The highest BCUT2D eigenvalue weighted by Gasteiger charge is 2.30. The predicted octanol–water partition coefficient (Wildman–Crippen LogP) is 3.66. The van der Waals surface area contributed by atoms with E-state index in [-0.39, 0.29) is 5.91 Å². The number of likely N-dealkylation sites (N-methyl/N-ethyl adjacent to an activating group) is 1. The van der Waals surface area contributed by atoms with Crippen molar-refractivity contribution in [2.45, 2.75) is 26.3 Å². The van der Waals surface area contributed by atoms with E-state index >= 15 is 0 Å². The fourth-order valence-corrected chi connectivity index (χ4v) is 3.38. The van der Waals surface area contributed by atoms with Crippen molar-refractivity contribution in [2.24, 2.45) is 0 Å². The van der Waals surface area contributed by atoms with Gasteiger partial charge in [0.2, 0.25) is 0 Å². The van der Waals surface area contributed by atoms with Crippen molar-refractivity contribution in [3.8, 4) is 0 Å². The van der Waals surface area contributed by atoms with E-state index in [1.807, 2.05) is 11.0 Å². The zero-order chi connectivity index (χ0) is 14.7. The number of nitrogens with zero attached hydrogens (tertiary/aromatic N) is 2. The molecule has 0 saturated carbocycles. The molecule has 5 heteroatoms. The van der Waals surface area contributed by atoms with E-state index in [0.717, 1.165) is 37.1 Å². The summed E-state index contributed by atoms with van der Waals surface area (Å²) in [5.74, 6) is 0.0639. The van der Waals surface area contributed by atoms with Gasteiger partial charge in [0.25, 0.3) is 5.91 Å². The molecule has 20 heavy (non-hydrogen) atoms. The Morgan fingerprint density at radius 3 is 2.80 bits per heavy atom. The lowest BCUT2D eigenvalue weighted by Gasteiger charge is -2.26. The summed E-state index contributed by atoms with van der Waals surface area (Å²) >= 11 is 9.42. The minimum absolute atomic E-state index is 0.0639. The number of carbonyl (C=O) groups is 1. The summed E-state index contributed by atoms with van der Waals surface area (Å²) in [5, 5.41) is 0.594. The van der Waals surface area contributed by atoms with Crippen molar-refractivity contribution in [2.75, 3.05) is 26.2 Å². The lowest BCUT2D eigenvalue weighted by Crippen LogP contribution is -2.38. The average molecular weight is 360 g/mol. The molecule has 0 radical (unpaired) electrons. The highest BCUT2D eigenvalue weighted by molar-refractivity contribution is 9.10. The Bertz CT molecular complexity index is 491. The highest BCUT2D eigenvalue weighted by atomic mass is 79.9. The van der Waals surface area contributed by atoms with E-state index in [1.54, 1.807) is 12.1 Å². The number of halogens is 2. The van der Waals surface area contributed by atoms with Gasteiger partial charge in [-0.3, -0.25) is 9.69 Å². The van der Waals surface area contributed by atoms with E-state index in [9.17, 15) is 4.79 Å². The number of likely N-dealkylation sites (tertiary alicyclic amines) is 1. The minimum Gasteiger partial charge on any atom is -0.337 e. The molecule has 0 bridgehead atoms. The number of rotatable bonds is 4. The first-order valence-corrected chi connectivity index (χ1v) is 8.22. The van der Waals surface area contributed by atoms with Crippen LogP contribution in [0.4, 0.5) is 0 Å². The van der Waals surface area contributed by atoms with E-state index in [0.29, 0.717) is 16.6 Å². The summed E-state index contributed by atoms with van der Waals surface area (Å²) in [6.45, 7) is 8.02. The Labute approximate surface area is 134 Å². The van der Waals surface area contributed by atoms with Gasteiger partial charge >= 0.3 is 0 Å².